The lowest BCUT2D eigenvalue weighted by atomic mass is 9.69. The number of hydrogen-bond acceptors (Lipinski definition) is 0. The fourth-order valence-electron chi connectivity index (χ4n) is 3.02. The van der Waals surface area contributed by atoms with Crippen molar-refractivity contribution in [1.82, 2.24) is 0 Å². The zero-order valence-corrected chi connectivity index (χ0v) is 13.1. The fraction of sp³-hybridized carbons (Fsp3) is 1.00. The summed E-state index contributed by atoms with van der Waals surface area (Å²) in [5.41, 5.74) is 0.609. The first kappa shape index (κ1) is 17.0. The van der Waals surface area contributed by atoms with Crippen molar-refractivity contribution in [2.45, 2.75) is 98.8 Å². The maximum absolute atomic E-state index is 2.54. The predicted molar refractivity (Wildman–Crippen MR) is 80.5 cm³/mol. The summed E-state index contributed by atoms with van der Waals surface area (Å²) >= 11 is 0. The van der Waals surface area contributed by atoms with E-state index in [-0.39, 0.29) is 0 Å². The molecule has 0 nitrogen and oxygen atoms in total. The molecule has 0 saturated heterocycles. The Morgan fingerprint density at radius 2 is 1.35 bits per heavy atom. The van der Waals surface area contributed by atoms with Gasteiger partial charge in [-0.25, -0.2) is 0 Å². The molecule has 0 aliphatic rings. The number of unbranched alkanes of at least 4 members (excludes halogenated alkanes) is 4. The Kier molecular flexibility index (Phi) is 9.97. The Labute approximate surface area is 111 Å². The van der Waals surface area contributed by atoms with Crippen molar-refractivity contribution in [2.24, 2.45) is 11.3 Å². The highest BCUT2D eigenvalue weighted by Crippen LogP contribution is 2.40. The van der Waals surface area contributed by atoms with Gasteiger partial charge in [-0.05, 0) is 24.2 Å². The average molecular weight is 240 g/mol. The third kappa shape index (κ3) is 7.11. The SMILES string of the molecule is CCCCCC(C)C(C)(CCC)CCCCC. The lowest BCUT2D eigenvalue weighted by Crippen LogP contribution is -2.25. The highest BCUT2D eigenvalue weighted by atomic mass is 14.3. The maximum Gasteiger partial charge on any atom is -0.0300 e. The topological polar surface area (TPSA) is 0 Å². The van der Waals surface area contributed by atoms with Gasteiger partial charge in [-0.1, -0.05) is 86.0 Å². The second kappa shape index (κ2) is 9.97. The molecule has 0 rings (SSSR count). The van der Waals surface area contributed by atoms with E-state index in [4.69, 9.17) is 0 Å². The van der Waals surface area contributed by atoms with Gasteiger partial charge < -0.3 is 0 Å². The molecule has 2 unspecified atom stereocenters. The number of rotatable bonds is 11. The standard InChI is InChI=1S/C17H36/c1-6-9-11-13-16(4)17(5,14-8-3)15-12-10-7-2/h16H,6-15H2,1-5H3. The minimum atomic E-state index is 0.609. The van der Waals surface area contributed by atoms with Crippen molar-refractivity contribution in [2.75, 3.05) is 0 Å². The van der Waals surface area contributed by atoms with Gasteiger partial charge >= 0.3 is 0 Å². The molecule has 0 amide bonds. The molecule has 0 aliphatic carbocycles. The van der Waals surface area contributed by atoms with E-state index in [1.54, 1.807) is 0 Å². The lowest BCUT2D eigenvalue weighted by molar-refractivity contribution is 0.148. The molecule has 0 N–H and O–H groups in total. The van der Waals surface area contributed by atoms with Crippen LogP contribution in [-0.4, -0.2) is 0 Å². The van der Waals surface area contributed by atoms with E-state index >= 15 is 0 Å². The van der Waals surface area contributed by atoms with Crippen LogP contribution in [0.4, 0.5) is 0 Å². The van der Waals surface area contributed by atoms with E-state index in [2.05, 4.69) is 34.6 Å². The zero-order valence-electron chi connectivity index (χ0n) is 13.1. The van der Waals surface area contributed by atoms with Crippen LogP contribution in [0.5, 0.6) is 0 Å². The average Bonchev–Trinajstić information content (AvgIpc) is 2.30. The van der Waals surface area contributed by atoms with Gasteiger partial charge in [-0.2, -0.15) is 0 Å². The van der Waals surface area contributed by atoms with Gasteiger partial charge in [0, 0.05) is 0 Å². The van der Waals surface area contributed by atoms with Crippen LogP contribution in [-0.2, 0) is 0 Å². The maximum atomic E-state index is 2.54. The molecule has 0 aromatic carbocycles. The largest absolute Gasteiger partial charge is 0.0654 e. The zero-order chi connectivity index (χ0) is 13.1. The van der Waals surface area contributed by atoms with Crippen LogP contribution in [0.2, 0.25) is 0 Å². The third-order valence-corrected chi connectivity index (χ3v) is 4.60. The van der Waals surface area contributed by atoms with Crippen LogP contribution >= 0.6 is 0 Å². The molecule has 0 heteroatoms. The molecule has 0 radical (unpaired) electrons. The Balaban J connectivity index is 4.14. The minimum absolute atomic E-state index is 0.609. The van der Waals surface area contributed by atoms with Crippen LogP contribution in [0.1, 0.15) is 98.8 Å². The van der Waals surface area contributed by atoms with Gasteiger partial charge in [0.1, 0.15) is 0 Å². The smallest absolute Gasteiger partial charge is 0.0300 e. The highest BCUT2D eigenvalue weighted by Gasteiger charge is 2.28. The van der Waals surface area contributed by atoms with Gasteiger partial charge in [0.05, 0.1) is 0 Å². The van der Waals surface area contributed by atoms with E-state index in [9.17, 15) is 0 Å². The van der Waals surface area contributed by atoms with Gasteiger partial charge in [0.2, 0.25) is 0 Å². The van der Waals surface area contributed by atoms with E-state index in [1.807, 2.05) is 0 Å². The van der Waals surface area contributed by atoms with Crippen molar-refractivity contribution in [1.29, 1.82) is 0 Å². The summed E-state index contributed by atoms with van der Waals surface area (Å²) in [5.74, 6) is 0.908. The summed E-state index contributed by atoms with van der Waals surface area (Å²) in [6.07, 6.45) is 14.1. The first-order chi connectivity index (χ1) is 8.10. The summed E-state index contributed by atoms with van der Waals surface area (Å²) in [4.78, 5) is 0. The minimum Gasteiger partial charge on any atom is -0.0654 e. The molecule has 0 fully saturated rings. The van der Waals surface area contributed by atoms with E-state index in [0.717, 1.165) is 5.92 Å². The Morgan fingerprint density at radius 1 is 0.765 bits per heavy atom. The molecule has 0 heterocycles. The normalized spacial score (nSPS) is 16.8. The van der Waals surface area contributed by atoms with Gasteiger partial charge in [-0.15, -0.1) is 0 Å². The van der Waals surface area contributed by atoms with Crippen molar-refractivity contribution in [3.05, 3.63) is 0 Å². The summed E-state index contributed by atoms with van der Waals surface area (Å²) < 4.78 is 0. The van der Waals surface area contributed by atoms with Crippen molar-refractivity contribution < 1.29 is 0 Å². The third-order valence-electron chi connectivity index (χ3n) is 4.60. The quantitative estimate of drug-likeness (QED) is 0.357. The molecule has 0 aromatic heterocycles. The van der Waals surface area contributed by atoms with Crippen LogP contribution in [0, 0.1) is 11.3 Å². The van der Waals surface area contributed by atoms with Crippen LogP contribution in [0.15, 0.2) is 0 Å². The fourth-order valence-corrected chi connectivity index (χ4v) is 3.02. The van der Waals surface area contributed by atoms with Crippen LogP contribution in [0.3, 0.4) is 0 Å². The monoisotopic (exact) mass is 240 g/mol. The molecule has 0 bridgehead atoms. The summed E-state index contributed by atoms with van der Waals surface area (Å²) in [6, 6.07) is 0. The van der Waals surface area contributed by atoms with E-state index in [0.29, 0.717) is 5.41 Å². The van der Waals surface area contributed by atoms with E-state index < -0.39 is 0 Å². The highest BCUT2D eigenvalue weighted by molar-refractivity contribution is 4.79. The van der Waals surface area contributed by atoms with Crippen LogP contribution in [0.25, 0.3) is 0 Å². The lowest BCUT2D eigenvalue weighted by Gasteiger charge is -2.36. The number of hydrogen-bond donors (Lipinski definition) is 0. The summed E-state index contributed by atoms with van der Waals surface area (Å²) in [5, 5.41) is 0. The molecule has 0 aliphatic heterocycles. The van der Waals surface area contributed by atoms with Gasteiger partial charge in [0.15, 0.2) is 0 Å². The summed E-state index contributed by atoms with van der Waals surface area (Å²) in [6.45, 7) is 12.0. The van der Waals surface area contributed by atoms with Gasteiger partial charge in [0.25, 0.3) is 0 Å². The molecule has 2 atom stereocenters. The predicted octanol–water partition coefficient (Wildman–Crippen LogP) is 6.59. The first-order valence-electron chi connectivity index (χ1n) is 8.10. The second-order valence-corrected chi connectivity index (χ2v) is 6.26. The molecule has 0 spiro atoms. The first-order valence-corrected chi connectivity index (χ1v) is 8.10. The Hall–Kier alpha value is 0. The Morgan fingerprint density at radius 3 is 1.88 bits per heavy atom. The van der Waals surface area contributed by atoms with Crippen molar-refractivity contribution >= 4 is 0 Å². The van der Waals surface area contributed by atoms with E-state index in [1.165, 1.54) is 64.2 Å². The molecular weight excluding hydrogens is 204 g/mol. The molecule has 0 aromatic rings. The molecule has 17 heavy (non-hydrogen) atoms. The molecule has 104 valence electrons. The summed E-state index contributed by atoms with van der Waals surface area (Å²) in [7, 11) is 0. The van der Waals surface area contributed by atoms with Crippen LogP contribution < -0.4 is 0 Å². The second-order valence-electron chi connectivity index (χ2n) is 6.26. The van der Waals surface area contributed by atoms with Crippen molar-refractivity contribution in [3.63, 3.8) is 0 Å². The Bertz CT molecular complexity index is 161. The van der Waals surface area contributed by atoms with Gasteiger partial charge in [-0.3, -0.25) is 0 Å². The van der Waals surface area contributed by atoms with Crippen molar-refractivity contribution in [3.8, 4) is 0 Å². The molecular formula is C17H36. The molecule has 0 saturated carbocycles.